The van der Waals surface area contributed by atoms with Gasteiger partial charge in [-0.05, 0) is 30.2 Å². The number of carboxylic acid groups (broad SMARTS) is 1. The van der Waals surface area contributed by atoms with Crippen LogP contribution in [0.5, 0.6) is 5.75 Å². The number of aliphatic hydroxyl groups excluding tert-OH is 1. The van der Waals surface area contributed by atoms with Crippen LogP contribution >= 0.6 is 11.8 Å². The molecule has 0 unspecified atom stereocenters. The number of urea groups is 1. The van der Waals surface area contributed by atoms with Crippen molar-refractivity contribution in [3.63, 3.8) is 0 Å². The SMILES string of the molecule is CCN1CCN(C(=O)N[C@@H](C(=O)N[C@@H]2C(=O)N3C(C(=O)O)=C(CO)CS[C@H]23)c2ccc(O)cc2)C(=O)C1=O. The molecule has 0 saturated carbocycles. The van der Waals surface area contributed by atoms with Crippen molar-refractivity contribution in [1.82, 2.24) is 25.3 Å². The quantitative estimate of drug-likeness (QED) is 0.199. The zero-order chi connectivity index (χ0) is 27.7. The lowest BCUT2D eigenvalue weighted by molar-refractivity contribution is -0.153. The molecule has 1 aromatic rings. The number of aliphatic carboxylic acids is 1. The Bertz CT molecular complexity index is 1230. The van der Waals surface area contributed by atoms with Gasteiger partial charge >= 0.3 is 23.8 Å². The number of phenolic OH excluding ortho intramolecular Hbond substituents is 1. The number of nitrogens with one attached hydrogen (secondary N) is 2. The molecule has 14 nitrogen and oxygen atoms in total. The second-order valence-corrected chi connectivity index (χ2v) is 9.73. The van der Waals surface area contributed by atoms with E-state index in [-0.39, 0.29) is 41.4 Å². The summed E-state index contributed by atoms with van der Waals surface area (Å²) < 4.78 is 0. The van der Waals surface area contributed by atoms with Gasteiger partial charge in [0.2, 0.25) is 5.91 Å². The maximum Gasteiger partial charge on any atom is 0.352 e. The molecular weight excluding hydrogens is 522 g/mol. The lowest BCUT2D eigenvalue weighted by Gasteiger charge is -2.49. The van der Waals surface area contributed by atoms with Gasteiger partial charge in [0.15, 0.2) is 0 Å². The molecule has 0 bridgehead atoms. The number of nitrogens with zero attached hydrogens (tertiary/aromatic N) is 3. The number of rotatable bonds is 7. The maximum absolute atomic E-state index is 13.3. The Kier molecular flexibility index (Phi) is 7.59. The summed E-state index contributed by atoms with van der Waals surface area (Å²) in [6.45, 7) is 1.50. The fourth-order valence-corrected chi connectivity index (χ4v) is 5.72. The number of amides is 6. The number of hydrogen-bond donors (Lipinski definition) is 5. The topological polar surface area (TPSA) is 197 Å². The second-order valence-electron chi connectivity index (χ2n) is 8.63. The maximum atomic E-state index is 13.3. The van der Waals surface area contributed by atoms with Gasteiger partial charge in [0.05, 0.1) is 6.61 Å². The number of aromatic hydroxyl groups is 1. The number of benzene rings is 1. The summed E-state index contributed by atoms with van der Waals surface area (Å²) in [6.07, 6.45) is 0. The van der Waals surface area contributed by atoms with Crippen LogP contribution in [-0.4, -0.2) is 109 Å². The molecule has 0 radical (unpaired) electrons. The average molecular weight is 548 g/mol. The summed E-state index contributed by atoms with van der Waals surface area (Å²) in [5.74, 6) is -4.78. The van der Waals surface area contributed by atoms with Crippen LogP contribution in [0.1, 0.15) is 18.5 Å². The van der Waals surface area contributed by atoms with Crippen molar-refractivity contribution < 1.29 is 44.1 Å². The number of likely N-dealkylation sites (N-methyl/N-ethyl adjacent to an activating group) is 1. The summed E-state index contributed by atoms with van der Waals surface area (Å²) in [7, 11) is 0. The Labute approximate surface area is 220 Å². The number of carboxylic acids is 1. The van der Waals surface area contributed by atoms with Crippen molar-refractivity contribution in [2.24, 2.45) is 0 Å². The highest BCUT2D eigenvalue weighted by Gasteiger charge is 2.54. The first kappa shape index (κ1) is 26.9. The molecule has 6 amide bonds. The summed E-state index contributed by atoms with van der Waals surface area (Å²) in [4.78, 5) is 78.5. The number of imide groups is 1. The minimum Gasteiger partial charge on any atom is -0.508 e. The second kappa shape index (κ2) is 10.7. The highest BCUT2D eigenvalue weighted by atomic mass is 32.2. The van der Waals surface area contributed by atoms with Crippen LogP contribution in [0.3, 0.4) is 0 Å². The van der Waals surface area contributed by atoms with Crippen LogP contribution < -0.4 is 10.6 Å². The highest BCUT2D eigenvalue weighted by Crippen LogP contribution is 2.40. The zero-order valence-corrected chi connectivity index (χ0v) is 20.9. The molecule has 3 aliphatic rings. The van der Waals surface area contributed by atoms with E-state index in [9.17, 15) is 44.1 Å². The van der Waals surface area contributed by atoms with Crippen LogP contribution in [0, 0.1) is 0 Å². The average Bonchev–Trinajstić information content (AvgIpc) is 2.91. The Morgan fingerprint density at radius 2 is 1.79 bits per heavy atom. The van der Waals surface area contributed by atoms with Crippen LogP contribution in [-0.2, 0) is 24.0 Å². The highest BCUT2D eigenvalue weighted by molar-refractivity contribution is 8.00. The Hall–Kier alpha value is -4.11. The molecule has 1 aromatic carbocycles. The lowest BCUT2D eigenvalue weighted by Crippen LogP contribution is -2.71. The van der Waals surface area contributed by atoms with E-state index in [0.717, 1.165) is 16.7 Å². The van der Waals surface area contributed by atoms with Gasteiger partial charge in [0, 0.05) is 25.4 Å². The predicted molar refractivity (Wildman–Crippen MR) is 130 cm³/mol. The van der Waals surface area contributed by atoms with E-state index < -0.39 is 59.7 Å². The smallest absolute Gasteiger partial charge is 0.352 e. The summed E-state index contributed by atoms with van der Waals surface area (Å²) in [5, 5.41) is 32.8. The number of carbonyl (C=O) groups excluding carboxylic acids is 5. The zero-order valence-electron chi connectivity index (χ0n) is 20.1. The van der Waals surface area contributed by atoms with E-state index in [1.165, 1.54) is 29.2 Å². The third-order valence-electron chi connectivity index (χ3n) is 6.43. The first-order chi connectivity index (χ1) is 18.1. The fraction of sp³-hybridized carbons (Fsp3) is 0.391. The molecular formula is C23H25N5O9S. The van der Waals surface area contributed by atoms with Crippen LogP contribution in [0.2, 0.25) is 0 Å². The van der Waals surface area contributed by atoms with Crippen molar-refractivity contribution >= 4 is 47.4 Å². The number of β-lactam (4-membered cyclic amide) rings is 1. The van der Waals surface area contributed by atoms with Gasteiger partial charge in [-0.2, -0.15) is 0 Å². The minimum absolute atomic E-state index is 0.0829. The number of aliphatic hydroxyl groups is 1. The van der Waals surface area contributed by atoms with Crippen molar-refractivity contribution in [3.8, 4) is 5.75 Å². The van der Waals surface area contributed by atoms with Crippen LogP contribution in [0.25, 0.3) is 0 Å². The molecule has 0 aliphatic carbocycles. The van der Waals surface area contributed by atoms with Gasteiger partial charge in [-0.1, -0.05) is 12.1 Å². The Morgan fingerprint density at radius 1 is 1.11 bits per heavy atom. The van der Waals surface area contributed by atoms with Crippen molar-refractivity contribution in [3.05, 3.63) is 41.1 Å². The Morgan fingerprint density at radius 3 is 2.39 bits per heavy atom. The van der Waals surface area contributed by atoms with Crippen LogP contribution in [0.4, 0.5) is 4.79 Å². The molecule has 4 rings (SSSR count). The number of thioether (sulfide) groups is 1. The number of phenols is 1. The molecule has 15 heteroatoms. The van der Waals surface area contributed by atoms with E-state index in [1.54, 1.807) is 6.92 Å². The third-order valence-corrected chi connectivity index (χ3v) is 7.77. The summed E-state index contributed by atoms with van der Waals surface area (Å²) >= 11 is 1.16. The number of fused-ring (bicyclic) bond motifs is 1. The van der Waals surface area contributed by atoms with E-state index >= 15 is 0 Å². The standard InChI is InChI=1S/C23H25N5O9S/c1-2-26-7-8-27(20(34)19(26)33)23(37)25-14(11-3-5-13(30)6-4-11)17(31)24-15-18(32)28-16(22(35)36)12(9-29)10-38-21(15)28/h3-6,14-15,21,29-30H,2,7-10H2,1H3,(H,24,31)(H,25,37)(H,35,36)/t14-,15-,21-/m1/s1. The number of piperazine rings is 1. The predicted octanol–water partition coefficient (Wildman–Crippen LogP) is -1.44. The molecule has 3 aliphatic heterocycles. The Balaban J connectivity index is 1.53. The lowest BCUT2D eigenvalue weighted by atomic mass is 10.0. The molecule has 0 spiro atoms. The van der Waals surface area contributed by atoms with E-state index in [2.05, 4.69) is 10.6 Å². The van der Waals surface area contributed by atoms with Gasteiger partial charge < -0.3 is 30.9 Å². The van der Waals surface area contributed by atoms with Crippen molar-refractivity contribution in [2.45, 2.75) is 24.4 Å². The summed E-state index contributed by atoms with van der Waals surface area (Å²) in [6, 6.07) is 1.76. The van der Waals surface area contributed by atoms with Gasteiger partial charge in [0.1, 0.15) is 28.9 Å². The van der Waals surface area contributed by atoms with Gasteiger partial charge in [0.25, 0.3) is 5.91 Å². The molecule has 2 fully saturated rings. The van der Waals surface area contributed by atoms with Crippen molar-refractivity contribution in [1.29, 1.82) is 0 Å². The molecule has 38 heavy (non-hydrogen) atoms. The molecule has 2 saturated heterocycles. The molecule has 5 N–H and O–H groups in total. The normalized spacial score (nSPS) is 22.1. The first-order valence-electron chi connectivity index (χ1n) is 11.6. The minimum atomic E-state index is -1.42. The van der Waals surface area contributed by atoms with E-state index in [4.69, 9.17) is 0 Å². The molecule has 202 valence electrons. The fourth-order valence-electron chi connectivity index (χ4n) is 4.38. The van der Waals surface area contributed by atoms with Crippen molar-refractivity contribution in [2.75, 3.05) is 32.0 Å². The van der Waals surface area contributed by atoms with E-state index in [0.29, 0.717) is 11.4 Å². The largest absolute Gasteiger partial charge is 0.508 e. The van der Waals surface area contributed by atoms with Gasteiger partial charge in [-0.3, -0.25) is 29.0 Å². The first-order valence-corrected chi connectivity index (χ1v) is 12.6. The number of hydrogen-bond acceptors (Lipinski definition) is 9. The van der Waals surface area contributed by atoms with Gasteiger partial charge in [-0.25, -0.2) is 9.59 Å². The summed E-state index contributed by atoms with van der Waals surface area (Å²) in [5.41, 5.74) is 0.0614. The van der Waals surface area contributed by atoms with E-state index in [1.807, 2.05) is 0 Å². The molecule has 3 atom stereocenters. The molecule has 0 aromatic heterocycles. The monoisotopic (exact) mass is 547 g/mol. The third kappa shape index (κ3) is 4.77. The molecule has 3 heterocycles. The number of carbonyl (C=O) groups is 6. The van der Waals surface area contributed by atoms with Crippen LogP contribution in [0.15, 0.2) is 35.5 Å². The van der Waals surface area contributed by atoms with Gasteiger partial charge in [-0.15, -0.1) is 11.8 Å².